The smallest absolute Gasteiger partial charge is 0.211 e. The summed E-state index contributed by atoms with van der Waals surface area (Å²) in [6, 6.07) is 24.3. The summed E-state index contributed by atoms with van der Waals surface area (Å²) in [5.74, 6) is 0.599. The van der Waals surface area contributed by atoms with Crippen molar-refractivity contribution in [3.8, 4) is 0 Å². The summed E-state index contributed by atoms with van der Waals surface area (Å²) >= 11 is 9.13. The SMILES string of the molecule is CN1CCN(c2cccc(CCl)c2)CC1.CN1CCN(c2cccc(CO)c2)CC1.CN1CCNCC1.O=S(Cl)Cl.OCc1cccc(Br)c1. The molecule has 0 saturated carbocycles. The van der Waals surface area contributed by atoms with Gasteiger partial charge < -0.3 is 40.0 Å². The van der Waals surface area contributed by atoms with Gasteiger partial charge in [-0.15, -0.1) is 11.6 Å². The third-order valence-corrected chi connectivity index (χ3v) is 9.11. The maximum absolute atomic E-state index is 9.09. The number of hydrogen-bond acceptors (Lipinski definition) is 9. The van der Waals surface area contributed by atoms with Crippen LogP contribution in [-0.4, -0.2) is 129 Å². The molecule has 3 aromatic rings. The average Bonchev–Trinajstić information content (AvgIpc) is 3.13. The highest BCUT2D eigenvalue weighted by Crippen LogP contribution is 2.19. The number of aliphatic hydroxyl groups is 2. The predicted octanol–water partition coefficient (Wildman–Crippen LogP) is 5.61. The highest BCUT2D eigenvalue weighted by molar-refractivity contribution is 9.10. The minimum Gasteiger partial charge on any atom is -0.392 e. The molecule has 6 rings (SSSR count). The van der Waals surface area contributed by atoms with Crippen LogP contribution in [0.1, 0.15) is 16.7 Å². The molecule has 3 aliphatic heterocycles. The van der Waals surface area contributed by atoms with E-state index in [9.17, 15) is 0 Å². The van der Waals surface area contributed by atoms with Crippen LogP contribution in [0.3, 0.4) is 0 Å². The van der Waals surface area contributed by atoms with Crippen molar-refractivity contribution >= 4 is 69.5 Å². The van der Waals surface area contributed by atoms with Gasteiger partial charge in [-0.3, -0.25) is 0 Å². The van der Waals surface area contributed by atoms with Crippen LogP contribution < -0.4 is 15.1 Å². The first kappa shape index (κ1) is 44.7. The van der Waals surface area contributed by atoms with Crippen molar-refractivity contribution in [2.75, 3.05) is 109 Å². The molecule has 3 aliphatic rings. The lowest BCUT2D eigenvalue weighted by atomic mass is 10.2. The number of aliphatic hydroxyl groups excluding tert-OH is 2. The van der Waals surface area contributed by atoms with Gasteiger partial charge in [0.05, 0.1) is 13.2 Å². The van der Waals surface area contributed by atoms with Crippen molar-refractivity contribution in [2.45, 2.75) is 19.1 Å². The number of piperazine rings is 3. The number of benzene rings is 3. The van der Waals surface area contributed by atoms with E-state index < -0.39 is 9.23 Å². The van der Waals surface area contributed by atoms with E-state index in [1.165, 1.54) is 30.0 Å². The summed E-state index contributed by atoms with van der Waals surface area (Å²) < 4.78 is 10.1. The zero-order valence-electron chi connectivity index (χ0n) is 29.5. The zero-order chi connectivity index (χ0) is 36.7. The van der Waals surface area contributed by atoms with Gasteiger partial charge in [-0.1, -0.05) is 52.3 Å². The first-order valence-corrected chi connectivity index (χ1v) is 20.9. The Morgan fingerprint density at radius 1 is 0.640 bits per heavy atom. The predicted molar refractivity (Wildman–Crippen MR) is 218 cm³/mol. The van der Waals surface area contributed by atoms with Gasteiger partial charge in [-0.05, 0) is 74.2 Å². The molecule has 3 aromatic carbocycles. The van der Waals surface area contributed by atoms with Crippen LogP contribution in [0.2, 0.25) is 0 Å². The Hall–Kier alpha value is -1.48. The molecule has 9 nitrogen and oxygen atoms in total. The summed E-state index contributed by atoms with van der Waals surface area (Å²) in [7, 11) is 13.8. The number of anilines is 2. The molecule has 0 atom stereocenters. The molecule has 14 heteroatoms. The third-order valence-electron chi connectivity index (χ3n) is 8.31. The van der Waals surface area contributed by atoms with Crippen LogP contribution in [0.4, 0.5) is 11.4 Å². The molecule has 3 fully saturated rings. The maximum atomic E-state index is 9.09. The molecule has 3 saturated heterocycles. The van der Waals surface area contributed by atoms with E-state index >= 15 is 0 Å². The normalized spacial score (nSPS) is 16.8. The van der Waals surface area contributed by atoms with Gasteiger partial charge >= 0.3 is 0 Å². The Bertz CT molecular complexity index is 1290. The van der Waals surface area contributed by atoms with E-state index in [1.54, 1.807) is 0 Å². The molecular weight excluding hydrogens is 783 g/mol. The highest BCUT2D eigenvalue weighted by atomic mass is 79.9. The van der Waals surface area contributed by atoms with E-state index in [-0.39, 0.29) is 13.2 Å². The molecule has 0 aromatic heterocycles. The second-order valence-electron chi connectivity index (χ2n) is 12.2. The molecule has 0 aliphatic carbocycles. The quantitative estimate of drug-likeness (QED) is 0.225. The summed E-state index contributed by atoms with van der Waals surface area (Å²) in [6.45, 7) is 13.9. The number of nitrogens with zero attached hydrogens (tertiary/aromatic N) is 5. The molecular formula is C36H54BrCl3N6O3S. The van der Waals surface area contributed by atoms with E-state index in [4.69, 9.17) is 26.0 Å². The molecule has 0 bridgehead atoms. The molecule has 3 heterocycles. The minimum absolute atomic E-state index is 0.111. The van der Waals surface area contributed by atoms with E-state index in [0.717, 1.165) is 81.0 Å². The fraction of sp³-hybridized carbons (Fsp3) is 0.500. The molecule has 0 radical (unpaired) electrons. The largest absolute Gasteiger partial charge is 0.392 e. The van der Waals surface area contributed by atoms with Crippen molar-refractivity contribution < 1.29 is 14.4 Å². The van der Waals surface area contributed by atoms with E-state index in [2.05, 4.69) is 125 Å². The van der Waals surface area contributed by atoms with Gasteiger partial charge in [0.15, 0.2) is 0 Å². The van der Waals surface area contributed by atoms with Crippen molar-refractivity contribution in [1.82, 2.24) is 20.0 Å². The van der Waals surface area contributed by atoms with Crippen LogP contribution in [0.15, 0.2) is 77.3 Å². The molecule has 0 spiro atoms. The van der Waals surface area contributed by atoms with Crippen LogP contribution in [0.5, 0.6) is 0 Å². The van der Waals surface area contributed by atoms with Crippen molar-refractivity contribution in [3.63, 3.8) is 0 Å². The first-order chi connectivity index (χ1) is 24.0. The molecule has 50 heavy (non-hydrogen) atoms. The van der Waals surface area contributed by atoms with Gasteiger partial charge in [0.2, 0.25) is 9.23 Å². The fourth-order valence-electron chi connectivity index (χ4n) is 5.23. The van der Waals surface area contributed by atoms with Gasteiger partial charge in [0.1, 0.15) is 0 Å². The number of nitrogens with one attached hydrogen (secondary N) is 1. The summed E-state index contributed by atoms with van der Waals surface area (Å²) in [5, 5.41) is 21.0. The van der Waals surface area contributed by atoms with Crippen LogP contribution in [-0.2, 0) is 28.3 Å². The van der Waals surface area contributed by atoms with Gasteiger partial charge in [-0.25, -0.2) is 4.21 Å². The zero-order valence-corrected chi connectivity index (χ0v) is 34.2. The van der Waals surface area contributed by atoms with Gasteiger partial charge in [0, 0.05) is 122 Å². The second-order valence-corrected chi connectivity index (χ2v) is 15.9. The monoisotopic (exact) mass is 834 g/mol. The number of rotatable bonds is 5. The lowest BCUT2D eigenvalue weighted by Gasteiger charge is -2.34. The standard InChI is InChI=1S/C12H17ClN2.C12H18N2O.C7H7BrO.C5H12N2.Cl2OS/c1-14-5-7-15(8-6-14)12-4-2-3-11(9-12)10-13;1-13-5-7-14(8-6-13)12-4-2-3-11(9-12)10-15;8-7-3-1-2-6(4-7)5-9;1-7-4-2-6-3-5-7;1-4(2)3/h2-4,9H,5-8,10H2,1H3;2-4,9,15H,5-8,10H2,1H3;1-4,9H,5H2;6H,2-5H2,1H3;. The van der Waals surface area contributed by atoms with Crippen molar-refractivity contribution in [2.24, 2.45) is 0 Å². The number of alkyl halides is 1. The second kappa shape index (κ2) is 26.3. The minimum atomic E-state index is -1.67. The van der Waals surface area contributed by atoms with E-state index in [0.29, 0.717) is 5.88 Å². The number of likely N-dealkylation sites (N-methyl/N-ethyl adjacent to an activating group) is 3. The lowest BCUT2D eigenvalue weighted by molar-refractivity contribution is 0.281. The van der Waals surface area contributed by atoms with Crippen LogP contribution in [0, 0.1) is 0 Å². The summed E-state index contributed by atoms with van der Waals surface area (Å²) in [6.07, 6.45) is 0. The number of halogens is 4. The Morgan fingerprint density at radius 3 is 1.38 bits per heavy atom. The Labute approximate surface area is 324 Å². The fourth-order valence-corrected chi connectivity index (χ4v) is 5.84. The van der Waals surface area contributed by atoms with Crippen LogP contribution in [0.25, 0.3) is 0 Å². The van der Waals surface area contributed by atoms with Gasteiger partial charge in [-0.2, -0.15) is 0 Å². The average molecular weight is 837 g/mol. The molecule has 3 N–H and O–H groups in total. The summed E-state index contributed by atoms with van der Waals surface area (Å²) in [5.41, 5.74) is 5.67. The van der Waals surface area contributed by atoms with Crippen molar-refractivity contribution in [1.29, 1.82) is 0 Å². The molecule has 0 amide bonds. The van der Waals surface area contributed by atoms with E-state index in [1.807, 2.05) is 36.4 Å². The number of hydrogen-bond donors (Lipinski definition) is 3. The lowest BCUT2D eigenvalue weighted by Crippen LogP contribution is -2.44. The highest BCUT2D eigenvalue weighted by Gasteiger charge is 2.15. The maximum Gasteiger partial charge on any atom is 0.211 e. The third kappa shape index (κ3) is 19.4. The Balaban J connectivity index is 0.000000232. The Kier molecular flexibility index (Phi) is 23.5. The first-order valence-electron chi connectivity index (χ1n) is 16.7. The topological polar surface area (TPSA) is 85.8 Å². The Morgan fingerprint density at radius 2 is 1.02 bits per heavy atom. The van der Waals surface area contributed by atoms with Gasteiger partial charge in [0.25, 0.3) is 0 Å². The molecule has 0 unspecified atom stereocenters. The van der Waals surface area contributed by atoms with Crippen LogP contribution >= 0.6 is 48.9 Å². The summed E-state index contributed by atoms with van der Waals surface area (Å²) in [4.78, 5) is 11.8. The van der Waals surface area contributed by atoms with Crippen molar-refractivity contribution in [3.05, 3.63) is 94.0 Å². The molecule has 280 valence electrons.